The lowest BCUT2D eigenvalue weighted by molar-refractivity contribution is 0.0976. The van der Waals surface area contributed by atoms with Crippen LogP contribution in [0.3, 0.4) is 0 Å². The predicted octanol–water partition coefficient (Wildman–Crippen LogP) is 4.61. The van der Waals surface area contributed by atoms with E-state index in [-0.39, 0.29) is 11.0 Å². The molecule has 0 unspecified atom stereocenters. The van der Waals surface area contributed by atoms with Crippen LogP contribution in [0.2, 0.25) is 0 Å². The number of carbonyl (C=O) groups excluding carboxylic acids is 1. The lowest BCUT2D eigenvalue weighted by Gasteiger charge is -2.11. The summed E-state index contributed by atoms with van der Waals surface area (Å²) >= 11 is 7.21. The largest absolute Gasteiger partial charge is 0.457 e. The van der Waals surface area contributed by atoms with E-state index in [0.29, 0.717) is 15.0 Å². The zero-order valence-electron chi connectivity index (χ0n) is 13.5. The average molecular weight is 475 g/mol. The molecule has 0 aliphatic carbocycles. The monoisotopic (exact) mass is 475 g/mol. The van der Waals surface area contributed by atoms with Gasteiger partial charge >= 0.3 is 0 Å². The number of halogens is 1. The van der Waals surface area contributed by atoms with Gasteiger partial charge in [0.1, 0.15) is 15.2 Å². The van der Waals surface area contributed by atoms with Gasteiger partial charge in [-0.3, -0.25) is 10.1 Å². The topological polar surface area (TPSA) is 63.2 Å². The molecule has 1 amide bonds. The Morgan fingerprint density at radius 1 is 0.962 bits per heavy atom. The highest BCUT2D eigenvalue weighted by Gasteiger charge is 2.11. The molecule has 5 nitrogen and oxygen atoms in total. The van der Waals surface area contributed by atoms with Gasteiger partial charge in [-0.15, -0.1) is 0 Å². The molecule has 2 aromatic carbocycles. The van der Waals surface area contributed by atoms with Crippen molar-refractivity contribution < 1.29 is 9.53 Å². The van der Waals surface area contributed by atoms with Gasteiger partial charge in [0, 0.05) is 11.9 Å². The Morgan fingerprint density at radius 3 is 2.35 bits per heavy atom. The lowest BCUT2D eigenvalue weighted by Crippen LogP contribution is -2.34. The van der Waals surface area contributed by atoms with Gasteiger partial charge < -0.3 is 10.1 Å². The van der Waals surface area contributed by atoms with Crippen LogP contribution in [0.1, 0.15) is 10.4 Å². The van der Waals surface area contributed by atoms with E-state index < -0.39 is 0 Å². The summed E-state index contributed by atoms with van der Waals surface area (Å²) in [6, 6.07) is 20.2. The fourth-order valence-corrected chi connectivity index (χ4v) is 2.92. The molecule has 0 saturated heterocycles. The number of ether oxygens (including phenoxy) is 1. The van der Waals surface area contributed by atoms with Crippen molar-refractivity contribution in [2.24, 2.45) is 0 Å². The second kappa shape index (κ2) is 8.72. The number of para-hydroxylation sites is 1. The Kier molecular flexibility index (Phi) is 6.13. The molecule has 130 valence electrons. The van der Waals surface area contributed by atoms with Gasteiger partial charge in [0.05, 0.1) is 5.56 Å². The smallest absolute Gasteiger partial charge is 0.260 e. The number of hydrogen-bond donors (Lipinski definition) is 2. The standard InChI is InChI=1S/C19H14IN3O2S/c20-17-16(7-4-12-21-17)18(24)23-19(26)22-13-8-10-15(11-9-13)25-14-5-2-1-3-6-14/h1-12H,(H2,22,23,24,26). The number of rotatable bonds is 4. The number of anilines is 1. The van der Waals surface area contributed by atoms with E-state index in [1.807, 2.05) is 77.2 Å². The minimum atomic E-state index is -0.302. The van der Waals surface area contributed by atoms with Crippen LogP contribution in [-0.4, -0.2) is 16.0 Å². The van der Waals surface area contributed by atoms with E-state index in [1.165, 1.54) is 0 Å². The molecular formula is C19H14IN3O2S. The van der Waals surface area contributed by atoms with Crippen molar-refractivity contribution in [3.05, 3.63) is 82.2 Å². The molecule has 1 aromatic heterocycles. The fraction of sp³-hybridized carbons (Fsp3) is 0. The summed E-state index contributed by atoms with van der Waals surface area (Å²) < 4.78 is 6.35. The number of pyridine rings is 1. The Balaban J connectivity index is 1.58. The Bertz CT molecular complexity index is 918. The van der Waals surface area contributed by atoms with Gasteiger partial charge in [0.15, 0.2) is 5.11 Å². The third-order valence-electron chi connectivity index (χ3n) is 3.32. The van der Waals surface area contributed by atoms with Gasteiger partial charge in [-0.1, -0.05) is 18.2 Å². The first kappa shape index (κ1) is 18.3. The quantitative estimate of drug-likeness (QED) is 0.328. The number of carbonyl (C=O) groups is 1. The van der Waals surface area contributed by atoms with Crippen LogP contribution in [-0.2, 0) is 0 Å². The fourth-order valence-electron chi connectivity index (χ4n) is 2.12. The van der Waals surface area contributed by atoms with Crippen LogP contribution in [0.25, 0.3) is 0 Å². The van der Waals surface area contributed by atoms with E-state index in [2.05, 4.69) is 15.6 Å². The number of nitrogens with zero attached hydrogens (tertiary/aromatic N) is 1. The molecule has 0 radical (unpaired) electrons. The van der Waals surface area contributed by atoms with Crippen LogP contribution in [0.5, 0.6) is 11.5 Å². The van der Waals surface area contributed by atoms with Crippen molar-refractivity contribution in [1.82, 2.24) is 10.3 Å². The maximum atomic E-state index is 12.2. The second-order valence-corrected chi connectivity index (χ2v) is 6.62. The Labute approximate surface area is 169 Å². The number of aromatic nitrogens is 1. The van der Waals surface area contributed by atoms with Crippen molar-refractivity contribution in [2.75, 3.05) is 5.32 Å². The summed E-state index contributed by atoms with van der Waals surface area (Å²) in [6.07, 6.45) is 1.63. The van der Waals surface area contributed by atoms with Crippen molar-refractivity contribution in [2.45, 2.75) is 0 Å². The summed E-state index contributed by atoms with van der Waals surface area (Å²) in [6.45, 7) is 0. The van der Waals surface area contributed by atoms with Gasteiger partial charge in [0.2, 0.25) is 0 Å². The average Bonchev–Trinajstić information content (AvgIpc) is 2.64. The molecule has 26 heavy (non-hydrogen) atoms. The third-order valence-corrected chi connectivity index (χ3v) is 4.39. The number of nitrogens with one attached hydrogen (secondary N) is 2. The predicted molar refractivity (Wildman–Crippen MR) is 114 cm³/mol. The third kappa shape index (κ3) is 4.99. The zero-order valence-corrected chi connectivity index (χ0v) is 16.5. The maximum Gasteiger partial charge on any atom is 0.260 e. The highest BCUT2D eigenvalue weighted by atomic mass is 127. The first-order chi connectivity index (χ1) is 12.6. The van der Waals surface area contributed by atoms with Gasteiger partial charge in [0.25, 0.3) is 5.91 Å². The molecular weight excluding hydrogens is 461 g/mol. The van der Waals surface area contributed by atoms with E-state index in [1.54, 1.807) is 18.3 Å². The summed E-state index contributed by atoms with van der Waals surface area (Å²) in [5.41, 5.74) is 1.22. The van der Waals surface area contributed by atoms with Crippen molar-refractivity contribution in [3.8, 4) is 11.5 Å². The highest BCUT2D eigenvalue weighted by molar-refractivity contribution is 14.1. The molecule has 0 aliphatic rings. The lowest BCUT2D eigenvalue weighted by atomic mass is 10.3. The van der Waals surface area contributed by atoms with Crippen molar-refractivity contribution in [3.63, 3.8) is 0 Å². The van der Waals surface area contributed by atoms with Gasteiger partial charge in [-0.2, -0.15) is 0 Å². The van der Waals surface area contributed by atoms with Crippen molar-refractivity contribution >= 4 is 51.5 Å². The molecule has 2 N–H and O–H groups in total. The minimum Gasteiger partial charge on any atom is -0.457 e. The number of amides is 1. The number of hydrogen-bond acceptors (Lipinski definition) is 4. The molecule has 3 rings (SSSR count). The summed E-state index contributed by atoms with van der Waals surface area (Å²) in [7, 11) is 0. The molecule has 1 heterocycles. The van der Waals surface area contributed by atoms with E-state index in [4.69, 9.17) is 17.0 Å². The Hall–Kier alpha value is -2.52. The normalized spacial score (nSPS) is 10.0. The van der Waals surface area contributed by atoms with E-state index >= 15 is 0 Å². The highest BCUT2D eigenvalue weighted by Crippen LogP contribution is 2.22. The number of thiocarbonyl (C=S) groups is 1. The summed E-state index contributed by atoms with van der Waals surface area (Å²) in [4.78, 5) is 16.3. The van der Waals surface area contributed by atoms with E-state index in [0.717, 1.165) is 11.4 Å². The van der Waals surface area contributed by atoms with Crippen molar-refractivity contribution in [1.29, 1.82) is 0 Å². The SMILES string of the molecule is O=C(NC(=S)Nc1ccc(Oc2ccccc2)cc1)c1cccnc1I. The number of benzene rings is 2. The second-order valence-electron chi connectivity index (χ2n) is 5.19. The molecule has 3 aromatic rings. The van der Waals surface area contributed by atoms with Crippen LogP contribution in [0.4, 0.5) is 5.69 Å². The first-order valence-corrected chi connectivity index (χ1v) is 9.16. The van der Waals surface area contributed by atoms with E-state index in [9.17, 15) is 4.79 Å². The zero-order chi connectivity index (χ0) is 18.4. The van der Waals surface area contributed by atoms with Crippen LogP contribution in [0.15, 0.2) is 72.9 Å². The van der Waals surface area contributed by atoms with Crippen LogP contribution in [0, 0.1) is 3.70 Å². The van der Waals surface area contributed by atoms with Gasteiger partial charge in [-0.05, 0) is 83.3 Å². The van der Waals surface area contributed by atoms with Crippen LogP contribution >= 0.6 is 34.8 Å². The van der Waals surface area contributed by atoms with Gasteiger partial charge in [-0.25, -0.2) is 4.98 Å². The molecule has 0 aliphatic heterocycles. The first-order valence-electron chi connectivity index (χ1n) is 7.67. The minimum absolute atomic E-state index is 0.214. The molecule has 7 heteroatoms. The summed E-state index contributed by atoms with van der Waals surface area (Å²) in [5, 5.41) is 5.83. The maximum absolute atomic E-state index is 12.2. The molecule has 0 saturated carbocycles. The van der Waals surface area contributed by atoms with Crippen LogP contribution < -0.4 is 15.4 Å². The molecule has 0 spiro atoms. The molecule has 0 bridgehead atoms. The molecule has 0 fully saturated rings. The summed E-state index contributed by atoms with van der Waals surface area (Å²) in [5.74, 6) is 1.17. The molecule has 0 atom stereocenters. The Morgan fingerprint density at radius 2 is 1.65 bits per heavy atom.